The van der Waals surface area contributed by atoms with Gasteiger partial charge in [0.05, 0.1) is 24.5 Å². The van der Waals surface area contributed by atoms with Crippen molar-refractivity contribution in [2.45, 2.75) is 57.5 Å². The molecule has 1 saturated carbocycles. The maximum atomic E-state index is 12.8. The molecule has 6 heteroatoms. The average molecular weight is 372 g/mol. The summed E-state index contributed by atoms with van der Waals surface area (Å²) in [5.74, 6) is 1.19. The number of nitrogens with one attached hydrogen (secondary N) is 1. The first-order chi connectivity index (χ1) is 13.0. The van der Waals surface area contributed by atoms with Crippen LogP contribution in [0.1, 0.15) is 60.0 Å². The van der Waals surface area contributed by atoms with Crippen LogP contribution in [0.4, 0.5) is 0 Å². The molecule has 1 aromatic heterocycles. The zero-order chi connectivity index (χ0) is 19.4. The van der Waals surface area contributed by atoms with Gasteiger partial charge in [0.15, 0.2) is 0 Å². The van der Waals surface area contributed by atoms with Crippen molar-refractivity contribution < 1.29 is 19.2 Å². The highest BCUT2D eigenvalue weighted by molar-refractivity contribution is 5.96. The standard InChI is InChI=1S/C21H28N2O4/c1-4-17-19(14(2)27-23-17)21(11-9-15(24)10-12-21)13-22-20(25)16-7-5-6-8-18(16)26-3/h5-8,15,24H,4,9-13H2,1-3H3,(H,22,25)/t15-,21-. The van der Waals surface area contributed by atoms with Gasteiger partial charge in [-0.3, -0.25) is 4.79 Å². The molecule has 1 fully saturated rings. The van der Waals surface area contributed by atoms with Crippen LogP contribution in [0.5, 0.6) is 5.75 Å². The molecule has 6 nitrogen and oxygen atoms in total. The lowest BCUT2D eigenvalue weighted by Gasteiger charge is -2.39. The van der Waals surface area contributed by atoms with Crippen LogP contribution in [0.2, 0.25) is 0 Å². The third-order valence-electron chi connectivity index (χ3n) is 5.65. The second-order valence-corrected chi connectivity index (χ2v) is 7.31. The number of hydrogen-bond acceptors (Lipinski definition) is 5. The number of aliphatic hydroxyl groups excluding tert-OH is 1. The van der Waals surface area contributed by atoms with Gasteiger partial charge in [-0.2, -0.15) is 0 Å². The summed E-state index contributed by atoms with van der Waals surface area (Å²) in [7, 11) is 1.56. The molecule has 146 valence electrons. The highest BCUT2D eigenvalue weighted by atomic mass is 16.5. The summed E-state index contributed by atoms with van der Waals surface area (Å²) in [6.07, 6.45) is 3.48. The Hall–Kier alpha value is -2.34. The second kappa shape index (κ2) is 8.13. The average Bonchev–Trinajstić information content (AvgIpc) is 3.09. The summed E-state index contributed by atoms with van der Waals surface area (Å²) in [6.45, 7) is 4.46. The van der Waals surface area contributed by atoms with Gasteiger partial charge in [0.25, 0.3) is 5.91 Å². The number of ether oxygens (including phenoxy) is 1. The predicted molar refractivity (Wildman–Crippen MR) is 102 cm³/mol. The molecule has 0 radical (unpaired) electrons. The summed E-state index contributed by atoms with van der Waals surface area (Å²) in [5, 5.41) is 17.3. The minimum atomic E-state index is -0.284. The van der Waals surface area contributed by atoms with Crippen molar-refractivity contribution in [3.05, 3.63) is 46.8 Å². The van der Waals surface area contributed by atoms with E-state index >= 15 is 0 Å². The SMILES string of the molecule is CCc1noc(C)c1[C@]1(CNC(=O)c2ccccc2OC)CC[C@@H](O)CC1. The first-order valence-corrected chi connectivity index (χ1v) is 9.55. The largest absolute Gasteiger partial charge is 0.496 e. The van der Waals surface area contributed by atoms with Crippen molar-refractivity contribution in [3.63, 3.8) is 0 Å². The molecule has 2 aromatic rings. The minimum Gasteiger partial charge on any atom is -0.496 e. The van der Waals surface area contributed by atoms with Gasteiger partial charge >= 0.3 is 0 Å². The molecule has 1 aromatic carbocycles. The number of aliphatic hydroxyl groups is 1. The Balaban J connectivity index is 1.87. The van der Waals surface area contributed by atoms with Crippen LogP contribution in [0.15, 0.2) is 28.8 Å². The van der Waals surface area contributed by atoms with Crippen LogP contribution in [0, 0.1) is 6.92 Å². The summed E-state index contributed by atoms with van der Waals surface area (Å²) < 4.78 is 10.8. The number of aryl methyl sites for hydroxylation is 2. The second-order valence-electron chi connectivity index (χ2n) is 7.31. The number of amides is 1. The summed E-state index contributed by atoms with van der Waals surface area (Å²) in [6, 6.07) is 7.20. The van der Waals surface area contributed by atoms with Crippen LogP contribution in [0.3, 0.4) is 0 Å². The van der Waals surface area contributed by atoms with E-state index in [1.54, 1.807) is 19.2 Å². The smallest absolute Gasteiger partial charge is 0.255 e. The molecule has 1 heterocycles. The van der Waals surface area contributed by atoms with Crippen molar-refractivity contribution in [1.82, 2.24) is 10.5 Å². The van der Waals surface area contributed by atoms with Crippen molar-refractivity contribution in [3.8, 4) is 5.75 Å². The molecule has 0 aliphatic heterocycles. The number of aromatic nitrogens is 1. The zero-order valence-electron chi connectivity index (χ0n) is 16.2. The molecular formula is C21H28N2O4. The topological polar surface area (TPSA) is 84.6 Å². The molecule has 0 bridgehead atoms. The Kier molecular flexibility index (Phi) is 5.85. The van der Waals surface area contributed by atoms with Gasteiger partial charge in [-0.15, -0.1) is 0 Å². The van der Waals surface area contributed by atoms with Crippen LogP contribution < -0.4 is 10.1 Å². The Labute approximate surface area is 159 Å². The Morgan fingerprint density at radius 2 is 2.07 bits per heavy atom. The Morgan fingerprint density at radius 1 is 1.37 bits per heavy atom. The van der Waals surface area contributed by atoms with Gasteiger partial charge in [-0.25, -0.2) is 0 Å². The molecule has 0 unspecified atom stereocenters. The molecule has 0 saturated heterocycles. The van der Waals surface area contributed by atoms with Gasteiger partial charge in [-0.05, 0) is 51.2 Å². The molecule has 1 aliphatic carbocycles. The van der Waals surface area contributed by atoms with E-state index in [1.807, 2.05) is 19.1 Å². The fourth-order valence-electron chi connectivity index (χ4n) is 4.19. The monoisotopic (exact) mass is 372 g/mol. The normalized spacial score (nSPS) is 22.4. The van der Waals surface area contributed by atoms with Crippen LogP contribution >= 0.6 is 0 Å². The van der Waals surface area contributed by atoms with Gasteiger partial charge in [0.1, 0.15) is 11.5 Å². The lowest BCUT2D eigenvalue weighted by molar-refractivity contribution is 0.0845. The molecule has 1 amide bonds. The highest BCUT2D eigenvalue weighted by Gasteiger charge is 2.41. The highest BCUT2D eigenvalue weighted by Crippen LogP contribution is 2.42. The number of hydrogen-bond donors (Lipinski definition) is 2. The number of nitrogens with zero attached hydrogens (tertiary/aromatic N) is 1. The Morgan fingerprint density at radius 3 is 2.74 bits per heavy atom. The van der Waals surface area contributed by atoms with E-state index in [0.29, 0.717) is 30.7 Å². The van der Waals surface area contributed by atoms with E-state index in [2.05, 4.69) is 17.4 Å². The lowest BCUT2D eigenvalue weighted by atomic mass is 9.67. The maximum absolute atomic E-state index is 12.8. The number of carbonyl (C=O) groups excluding carboxylic acids is 1. The first kappa shape index (κ1) is 19.4. The van der Waals surface area contributed by atoms with E-state index in [4.69, 9.17) is 9.26 Å². The zero-order valence-corrected chi connectivity index (χ0v) is 16.2. The number of rotatable bonds is 6. The quantitative estimate of drug-likeness (QED) is 0.814. The van der Waals surface area contributed by atoms with E-state index in [1.165, 1.54) is 0 Å². The number of para-hydroxylation sites is 1. The van der Waals surface area contributed by atoms with E-state index in [-0.39, 0.29) is 17.4 Å². The third kappa shape index (κ3) is 3.86. The van der Waals surface area contributed by atoms with Gasteiger partial charge in [0.2, 0.25) is 0 Å². The predicted octanol–water partition coefficient (Wildman–Crippen LogP) is 3.16. The van der Waals surface area contributed by atoms with Crippen molar-refractivity contribution in [2.24, 2.45) is 0 Å². The molecular weight excluding hydrogens is 344 g/mol. The first-order valence-electron chi connectivity index (χ1n) is 9.55. The van der Waals surface area contributed by atoms with Crippen LogP contribution in [-0.4, -0.2) is 35.9 Å². The molecule has 0 spiro atoms. The fourth-order valence-corrected chi connectivity index (χ4v) is 4.19. The summed E-state index contributed by atoms with van der Waals surface area (Å²) >= 11 is 0. The van der Waals surface area contributed by atoms with Crippen molar-refractivity contribution in [1.29, 1.82) is 0 Å². The molecule has 2 N–H and O–H groups in total. The van der Waals surface area contributed by atoms with Crippen LogP contribution in [-0.2, 0) is 11.8 Å². The molecule has 3 rings (SSSR count). The maximum Gasteiger partial charge on any atom is 0.255 e. The van der Waals surface area contributed by atoms with Crippen molar-refractivity contribution in [2.75, 3.05) is 13.7 Å². The van der Waals surface area contributed by atoms with E-state index in [9.17, 15) is 9.90 Å². The molecule has 1 aliphatic rings. The molecule has 0 atom stereocenters. The number of methoxy groups -OCH3 is 1. The number of benzene rings is 1. The Bertz CT molecular complexity index is 791. The van der Waals surface area contributed by atoms with E-state index in [0.717, 1.165) is 36.3 Å². The van der Waals surface area contributed by atoms with Crippen LogP contribution in [0.25, 0.3) is 0 Å². The molecule has 27 heavy (non-hydrogen) atoms. The van der Waals surface area contributed by atoms with Gasteiger partial charge < -0.3 is 19.7 Å². The minimum absolute atomic E-state index is 0.162. The summed E-state index contributed by atoms with van der Waals surface area (Å²) in [5.41, 5.74) is 2.28. The van der Waals surface area contributed by atoms with Gasteiger partial charge in [0, 0.05) is 17.5 Å². The third-order valence-corrected chi connectivity index (χ3v) is 5.65. The lowest BCUT2D eigenvalue weighted by Crippen LogP contribution is -2.45. The number of carbonyl (C=O) groups is 1. The fraction of sp³-hybridized carbons (Fsp3) is 0.524. The van der Waals surface area contributed by atoms with Gasteiger partial charge in [-0.1, -0.05) is 24.2 Å². The van der Waals surface area contributed by atoms with Crippen molar-refractivity contribution >= 4 is 5.91 Å². The van der Waals surface area contributed by atoms with E-state index < -0.39 is 0 Å². The summed E-state index contributed by atoms with van der Waals surface area (Å²) in [4.78, 5) is 12.8.